The number of nitrogen functional groups attached to an aromatic ring is 1. The van der Waals surface area contributed by atoms with Crippen LogP contribution in [0.4, 0.5) is 0 Å². The standard InChI is InChI=1S/C20H26N6O3S/c21-25-20(29)17-6-5-16(30-17)19(28)24-13-14-1-3-15(4-2-14)18(27)23-9-12-26-10-7-22-8-11-26/h1-6,22H,7-13,21H2,(H,23,27)(H,24,28)(H,25,29). The number of hydrogen-bond acceptors (Lipinski definition) is 7. The molecule has 0 bridgehead atoms. The molecule has 10 heteroatoms. The zero-order chi connectivity index (χ0) is 21.3. The Morgan fingerprint density at radius 1 is 0.933 bits per heavy atom. The molecular formula is C20H26N6O3S. The number of amides is 3. The van der Waals surface area contributed by atoms with Crippen LogP contribution in [0.25, 0.3) is 0 Å². The number of carbonyl (C=O) groups excluding carboxylic acids is 3. The Balaban J connectivity index is 1.43. The van der Waals surface area contributed by atoms with Crippen molar-refractivity contribution >= 4 is 29.1 Å². The van der Waals surface area contributed by atoms with Gasteiger partial charge in [0.25, 0.3) is 17.7 Å². The van der Waals surface area contributed by atoms with E-state index in [1.54, 1.807) is 24.3 Å². The van der Waals surface area contributed by atoms with Gasteiger partial charge in [-0.15, -0.1) is 11.3 Å². The molecule has 9 nitrogen and oxygen atoms in total. The fraction of sp³-hybridized carbons (Fsp3) is 0.350. The first-order chi connectivity index (χ1) is 14.6. The van der Waals surface area contributed by atoms with Crippen LogP contribution < -0.4 is 27.2 Å². The minimum atomic E-state index is -0.430. The van der Waals surface area contributed by atoms with Crippen molar-refractivity contribution in [1.29, 1.82) is 0 Å². The van der Waals surface area contributed by atoms with Crippen LogP contribution in [-0.4, -0.2) is 61.9 Å². The van der Waals surface area contributed by atoms with E-state index in [4.69, 9.17) is 5.84 Å². The van der Waals surface area contributed by atoms with E-state index in [0.29, 0.717) is 28.4 Å². The lowest BCUT2D eigenvalue weighted by molar-refractivity contribution is 0.0940. The lowest BCUT2D eigenvalue weighted by Crippen LogP contribution is -2.46. The van der Waals surface area contributed by atoms with Crippen LogP contribution >= 0.6 is 11.3 Å². The lowest BCUT2D eigenvalue weighted by atomic mass is 10.1. The van der Waals surface area contributed by atoms with Crippen molar-refractivity contribution in [3.63, 3.8) is 0 Å². The van der Waals surface area contributed by atoms with Gasteiger partial charge < -0.3 is 16.0 Å². The Labute approximate surface area is 179 Å². The van der Waals surface area contributed by atoms with E-state index < -0.39 is 5.91 Å². The van der Waals surface area contributed by atoms with Crippen molar-refractivity contribution in [3.05, 3.63) is 57.3 Å². The van der Waals surface area contributed by atoms with Crippen molar-refractivity contribution in [1.82, 2.24) is 26.3 Å². The summed E-state index contributed by atoms with van der Waals surface area (Å²) in [6, 6.07) is 10.3. The number of benzene rings is 1. The molecule has 0 unspecified atom stereocenters. The molecule has 3 amide bonds. The van der Waals surface area contributed by atoms with Crippen LogP contribution in [-0.2, 0) is 6.54 Å². The normalized spacial score (nSPS) is 14.2. The summed E-state index contributed by atoms with van der Waals surface area (Å²) in [5.41, 5.74) is 3.49. The molecule has 0 saturated carbocycles. The zero-order valence-electron chi connectivity index (χ0n) is 16.6. The van der Waals surface area contributed by atoms with Crippen molar-refractivity contribution < 1.29 is 14.4 Å². The maximum atomic E-state index is 12.3. The molecule has 1 saturated heterocycles. The summed E-state index contributed by atoms with van der Waals surface area (Å²) >= 11 is 1.07. The number of carbonyl (C=O) groups is 3. The van der Waals surface area contributed by atoms with Gasteiger partial charge >= 0.3 is 0 Å². The van der Waals surface area contributed by atoms with Crippen LogP contribution in [0.3, 0.4) is 0 Å². The number of thiophene rings is 1. The number of nitrogens with two attached hydrogens (primary N) is 1. The molecule has 6 N–H and O–H groups in total. The van der Waals surface area contributed by atoms with E-state index in [1.165, 1.54) is 0 Å². The highest BCUT2D eigenvalue weighted by Crippen LogP contribution is 2.16. The fourth-order valence-corrected chi connectivity index (χ4v) is 3.89. The molecule has 1 aromatic heterocycles. The highest BCUT2D eigenvalue weighted by molar-refractivity contribution is 7.15. The predicted molar refractivity (Wildman–Crippen MR) is 115 cm³/mol. The molecule has 1 aliphatic heterocycles. The summed E-state index contributed by atoms with van der Waals surface area (Å²) in [5, 5.41) is 9.05. The molecule has 0 radical (unpaired) electrons. The van der Waals surface area contributed by atoms with Crippen LogP contribution in [0.15, 0.2) is 36.4 Å². The van der Waals surface area contributed by atoms with Crippen LogP contribution in [0.2, 0.25) is 0 Å². The smallest absolute Gasteiger partial charge is 0.275 e. The Hall–Kier alpha value is -2.79. The topological polar surface area (TPSA) is 129 Å². The van der Waals surface area contributed by atoms with Gasteiger partial charge in [0.15, 0.2) is 0 Å². The number of nitrogens with zero attached hydrogens (tertiary/aromatic N) is 1. The van der Waals surface area contributed by atoms with Gasteiger partial charge in [-0.2, -0.15) is 0 Å². The van der Waals surface area contributed by atoms with Gasteiger partial charge in [0, 0.05) is 51.4 Å². The third kappa shape index (κ3) is 6.10. The van der Waals surface area contributed by atoms with Crippen molar-refractivity contribution in [3.8, 4) is 0 Å². The molecule has 3 rings (SSSR count). The molecule has 0 atom stereocenters. The average Bonchev–Trinajstić information content (AvgIpc) is 3.28. The molecule has 0 spiro atoms. The SMILES string of the molecule is NNC(=O)c1ccc(C(=O)NCc2ccc(C(=O)NCCN3CCNCC3)cc2)s1. The van der Waals surface area contributed by atoms with E-state index in [0.717, 1.165) is 49.6 Å². The number of hydrazine groups is 1. The Morgan fingerprint density at radius 2 is 1.60 bits per heavy atom. The average molecular weight is 431 g/mol. The van der Waals surface area contributed by atoms with E-state index in [9.17, 15) is 14.4 Å². The molecule has 1 aromatic carbocycles. The van der Waals surface area contributed by atoms with Crippen molar-refractivity contribution in [2.45, 2.75) is 6.54 Å². The van der Waals surface area contributed by atoms with Crippen molar-refractivity contribution in [2.75, 3.05) is 39.3 Å². The molecule has 160 valence electrons. The molecule has 1 aliphatic rings. The van der Waals surface area contributed by atoms with Crippen LogP contribution in [0.1, 0.15) is 35.3 Å². The first kappa shape index (κ1) is 21.9. The van der Waals surface area contributed by atoms with Gasteiger partial charge in [-0.25, -0.2) is 5.84 Å². The van der Waals surface area contributed by atoms with Gasteiger partial charge in [-0.3, -0.25) is 24.7 Å². The van der Waals surface area contributed by atoms with Gasteiger partial charge in [0.2, 0.25) is 0 Å². The second kappa shape index (κ2) is 10.8. The van der Waals surface area contributed by atoms with E-state index in [2.05, 4.69) is 20.9 Å². The third-order valence-corrected chi connectivity index (χ3v) is 5.86. The lowest BCUT2D eigenvalue weighted by Gasteiger charge is -2.27. The maximum absolute atomic E-state index is 12.3. The van der Waals surface area contributed by atoms with Crippen LogP contribution in [0, 0.1) is 0 Å². The molecule has 30 heavy (non-hydrogen) atoms. The number of hydrogen-bond donors (Lipinski definition) is 5. The zero-order valence-corrected chi connectivity index (χ0v) is 17.4. The second-order valence-corrected chi connectivity index (χ2v) is 7.95. The largest absolute Gasteiger partial charge is 0.351 e. The Bertz CT molecular complexity index is 877. The predicted octanol–water partition coefficient (Wildman–Crippen LogP) is -0.0834. The minimum absolute atomic E-state index is 0.106. The van der Waals surface area contributed by atoms with E-state index in [-0.39, 0.29) is 11.8 Å². The molecular weight excluding hydrogens is 404 g/mol. The van der Waals surface area contributed by atoms with Crippen LogP contribution in [0.5, 0.6) is 0 Å². The first-order valence-corrected chi connectivity index (χ1v) is 10.6. The highest BCUT2D eigenvalue weighted by atomic mass is 32.1. The van der Waals surface area contributed by atoms with Gasteiger partial charge in [-0.05, 0) is 29.8 Å². The van der Waals surface area contributed by atoms with E-state index >= 15 is 0 Å². The van der Waals surface area contributed by atoms with Gasteiger partial charge in [0.05, 0.1) is 9.75 Å². The monoisotopic (exact) mass is 430 g/mol. The molecule has 1 fully saturated rings. The number of piperazine rings is 1. The summed E-state index contributed by atoms with van der Waals surface area (Å²) in [7, 11) is 0. The minimum Gasteiger partial charge on any atom is -0.351 e. The fourth-order valence-electron chi connectivity index (χ4n) is 3.06. The second-order valence-electron chi connectivity index (χ2n) is 6.86. The number of rotatable bonds is 8. The first-order valence-electron chi connectivity index (χ1n) is 9.76. The molecule has 2 heterocycles. The van der Waals surface area contributed by atoms with Gasteiger partial charge in [0.1, 0.15) is 0 Å². The third-order valence-electron chi connectivity index (χ3n) is 4.78. The maximum Gasteiger partial charge on any atom is 0.275 e. The summed E-state index contributed by atoms with van der Waals surface area (Å²) in [5.74, 6) is 4.28. The van der Waals surface area contributed by atoms with Gasteiger partial charge in [-0.1, -0.05) is 12.1 Å². The Morgan fingerprint density at radius 3 is 2.27 bits per heavy atom. The highest BCUT2D eigenvalue weighted by Gasteiger charge is 2.13. The van der Waals surface area contributed by atoms with E-state index in [1.807, 2.05) is 17.6 Å². The summed E-state index contributed by atoms with van der Waals surface area (Å²) in [6.45, 7) is 5.76. The number of nitrogens with one attached hydrogen (secondary N) is 4. The summed E-state index contributed by atoms with van der Waals surface area (Å²) in [4.78, 5) is 39.1. The molecule has 2 aromatic rings. The van der Waals surface area contributed by atoms with Crippen molar-refractivity contribution in [2.24, 2.45) is 5.84 Å². The summed E-state index contributed by atoms with van der Waals surface area (Å²) < 4.78 is 0. The quantitative estimate of drug-likeness (QED) is 0.226. The summed E-state index contributed by atoms with van der Waals surface area (Å²) in [6.07, 6.45) is 0. The molecule has 0 aliphatic carbocycles. The Kier molecular flexibility index (Phi) is 7.91.